The highest BCUT2D eigenvalue weighted by molar-refractivity contribution is 6.11. The van der Waals surface area contributed by atoms with Gasteiger partial charge in [-0.2, -0.15) is 0 Å². The van der Waals surface area contributed by atoms with E-state index in [1.165, 1.54) is 11.0 Å². The Morgan fingerprint density at radius 1 is 1.17 bits per heavy atom. The van der Waals surface area contributed by atoms with Gasteiger partial charge in [-0.05, 0) is 52.3 Å². The molecule has 8 heteroatoms. The molecule has 1 saturated carbocycles. The number of amides is 2. The van der Waals surface area contributed by atoms with Crippen LogP contribution in [0.5, 0.6) is 5.75 Å². The van der Waals surface area contributed by atoms with Crippen molar-refractivity contribution in [1.82, 2.24) is 9.80 Å². The first kappa shape index (κ1) is 22.8. The highest BCUT2D eigenvalue weighted by Gasteiger charge is 2.68. The van der Waals surface area contributed by atoms with Crippen LogP contribution in [-0.2, 0) is 9.59 Å². The number of carbonyl (C=O) groups excluding carboxylic acids is 2. The van der Waals surface area contributed by atoms with E-state index in [-0.39, 0.29) is 42.1 Å². The molecule has 4 rings (SSSR count). The van der Waals surface area contributed by atoms with E-state index in [0.29, 0.717) is 12.3 Å². The molecule has 2 saturated heterocycles. The Morgan fingerprint density at radius 3 is 2.47 bits per heavy atom. The second-order valence-corrected chi connectivity index (χ2v) is 8.93. The molecule has 0 radical (unpaired) electrons. The van der Waals surface area contributed by atoms with Gasteiger partial charge in [0.05, 0.1) is 23.1 Å². The van der Waals surface area contributed by atoms with Crippen molar-refractivity contribution in [2.75, 3.05) is 44.2 Å². The number of hydrogen-bond donors (Lipinski definition) is 0. The summed E-state index contributed by atoms with van der Waals surface area (Å²) in [5.41, 5.74) is 0.405. The molecule has 0 bridgehead atoms. The number of nitrogens with zero attached hydrogens (tertiary/aromatic N) is 3. The fourth-order valence-corrected chi connectivity index (χ4v) is 4.53. The summed E-state index contributed by atoms with van der Waals surface area (Å²) >= 11 is 0. The lowest BCUT2D eigenvalue weighted by Crippen LogP contribution is -2.47. The summed E-state index contributed by atoms with van der Waals surface area (Å²) in [4.78, 5) is 30.5. The monoisotopic (exact) mass is 439 g/mol. The SMILES string of the molecule is CC(C)Oc1ccc(F)cc1N1CCN(CCCN2C(=O)C3CC3(C)C2=O)CC1.Cl. The fourth-order valence-electron chi connectivity index (χ4n) is 4.53. The molecule has 3 fully saturated rings. The molecule has 6 nitrogen and oxygen atoms in total. The van der Waals surface area contributed by atoms with Crippen LogP contribution in [0.2, 0.25) is 0 Å². The minimum Gasteiger partial charge on any atom is -0.489 e. The molecule has 2 unspecified atom stereocenters. The number of imide groups is 1. The lowest BCUT2D eigenvalue weighted by Gasteiger charge is -2.37. The second kappa shape index (κ2) is 8.71. The maximum absolute atomic E-state index is 13.8. The number of hydrogen-bond acceptors (Lipinski definition) is 5. The van der Waals surface area contributed by atoms with Crippen molar-refractivity contribution in [2.45, 2.75) is 39.7 Å². The highest BCUT2D eigenvalue weighted by Crippen LogP contribution is 2.58. The van der Waals surface area contributed by atoms with E-state index < -0.39 is 5.41 Å². The summed E-state index contributed by atoms with van der Waals surface area (Å²) in [5, 5.41) is 0. The summed E-state index contributed by atoms with van der Waals surface area (Å²) in [5.74, 6) is 0.428. The molecule has 1 aromatic rings. The first-order valence-electron chi connectivity index (χ1n) is 10.6. The molecule has 2 heterocycles. The Morgan fingerprint density at radius 2 is 1.87 bits per heavy atom. The minimum atomic E-state index is -0.399. The van der Waals surface area contributed by atoms with Crippen LogP contribution >= 0.6 is 12.4 Å². The van der Waals surface area contributed by atoms with E-state index in [1.54, 1.807) is 12.1 Å². The number of benzene rings is 1. The number of carbonyl (C=O) groups is 2. The van der Waals surface area contributed by atoms with Gasteiger partial charge in [0, 0.05) is 38.8 Å². The van der Waals surface area contributed by atoms with Gasteiger partial charge in [0.25, 0.3) is 0 Å². The van der Waals surface area contributed by atoms with Crippen LogP contribution in [0.15, 0.2) is 18.2 Å². The van der Waals surface area contributed by atoms with E-state index in [2.05, 4.69) is 9.80 Å². The molecule has 0 aromatic heterocycles. The molecule has 30 heavy (non-hydrogen) atoms. The van der Waals surface area contributed by atoms with Crippen LogP contribution in [0.3, 0.4) is 0 Å². The van der Waals surface area contributed by atoms with E-state index in [0.717, 1.165) is 51.3 Å². The zero-order valence-electron chi connectivity index (χ0n) is 17.9. The fraction of sp³-hybridized carbons (Fsp3) is 0.636. The van der Waals surface area contributed by atoms with E-state index in [1.807, 2.05) is 20.8 Å². The number of likely N-dealkylation sites (tertiary alicyclic amines) is 1. The molecule has 2 atom stereocenters. The largest absolute Gasteiger partial charge is 0.489 e. The summed E-state index contributed by atoms with van der Waals surface area (Å²) in [6.07, 6.45) is 1.55. The normalized spacial score (nSPS) is 26.1. The molecule has 1 aliphatic carbocycles. The quantitative estimate of drug-likeness (QED) is 0.611. The number of anilines is 1. The van der Waals surface area contributed by atoms with Gasteiger partial charge < -0.3 is 9.64 Å². The van der Waals surface area contributed by atoms with Gasteiger partial charge in [-0.15, -0.1) is 12.4 Å². The third-order valence-electron chi connectivity index (χ3n) is 6.39. The van der Waals surface area contributed by atoms with E-state index >= 15 is 0 Å². The summed E-state index contributed by atoms with van der Waals surface area (Å²) in [6.45, 7) is 10.5. The smallest absolute Gasteiger partial charge is 0.235 e. The molecule has 3 aliphatic rings. The highest BCUT2D eigenvalue weighted by atomic mass is 35.5. The first-order chi connectivity index (χ1) is 13.8. The number of piperazine rings is 1. The van der Waals surface area contributed by atoms with Gasteiger partial charge in [-0.3, -0.25) is 19.4 Å². The van der Waals surface area contributed by atoms with Crippen LogP contribution in [0.1, 0.15) is 33.6 Å². The Hall–Kier alpha value is -1.86. The second-order valence-electron chi connectivity index (χ2n) is 8.93. The molecular weight excluding hydrogens is 409 g/mol. The molecular formula is C22H31ClFN3O3. The van der Waals surface area contributed by atoms with Crippen LogP contribution in [0.4, 0.5) is 10.1 Å². The lowest BCUT2D eigenvalue weighted by molar-refractivity contribution is -0.142. The van der Waals surface area contributed by atoms with Gasteiger partial charge >= 0.3 is 0 Å². The Balaban J connectivity index is 0.00000256. The van der Waals surface area contributed by atoms with Crippen molar-refractivity contribution in [3.8, 4) is 5.75 Å². The predicted molar refractivity (Wildman–Crippen MR) is 116 cm³/mol. The maximum atomic E-state index is 13.8. The van der Waals surface area contributed by atoms with Gasteiger partial charge in [-0.25, -0.2) is 4.39 Å². The van der Waals surface area contributed by atoms with Crippen molar-refractivity contribution in [2.24, 2.45) is 11.3 Å². The number of piperidine rings is 1. The van der Waals surface area contributed by atoms with Crippen molar-refractivity contribution in [3.63, 3.8) is 0 Å². The zero-order chi connectivity index (χ0) is 20.8. The zero-order valence-corrected chi connectivity index (χ0v) is 18.7. The summed E-state index contributed by atoms with van der Waals surface area (Å²) in [6, 6.07) is 4.68. The van der Waals surface area contributed by atoms with Crippen LogP contribution in [-0.4, -0.2) is 67.0 Å². The number of rotatable bonds is 7. The van der Waals surface area contributed by atoms with Crippen molar-refractivity contribution < 1.29 is 18.7 Å². The number of fused-ring (bicyclic) bond motifs is 1. The van der Waals surface area contributed by atoms with Crippen LogP contribution in [0, 0.1) is 17.2 Å². The van der Waals surface area contributed by atoms with E-state index in [9.17, 15) is 14.0 Å². The van der Waals surface area contributed by atoms with Crippen LogP contribution in [0.25, 0.3) is 0 Å². The lowest BCUT2D eigenvalue weighted by atomic mass is 10.1. The van der Waals surface area contributed by atoms with Crippen molar-refractivity contribution >= 4 is 29.9 Å². The molecule has 2 aliphatic heterocycles. The van der Waals surface area contributed by atoms with Gasteiger partial charge in [0.15, 0.2) is 0 Å². The average molecular weight is 440 g/mol. The molecule has 0 N–H and O–H groups in total. The minimum absolute atomic E-state index is 0. The molecule has 2 amide bonds. The van der Waals surface area contributed by atoms with Gasteiger partial charge in [-0.1, -0.05) is 0 Å². The molecule has 1 aromatic carbocycles. The van der Waals surface area contributed by atoms with Crippen molar-refractivity contribution in [1.29, 1.82) is 0 Å². The predicted octanol–water partition coefficient (Wildman–Crippen LogP) is 2.94. The van der Waals surface area contributed by atoms with Gasteiger partial charge in [0.1, 0.15) is 11.6 Å². The molecule has 0 spiro atoms. The standard InChI is InChI=1S/C22H30FN3O3.ClH/c1-15(2)29-19-6-5-16(23)13-18(19)25-11-9-24(10-12-25)7-4-8-26-20(27)17-14-22(17,3)21(26)28;/h5-6,13,15,17H,4,7-12,14H2,1-3H3;1H. The topological polar surface area (TPSA) is 53.1 Å². The Labute approximate surface area is 183 Å². The third kappa shape index (κ3) is 4.28. The van der Waals surface area contributed by atoms with E-state index in [4.69, 9.17) is 4.74 Å². The summed E-state index contributed by atoms with van der Waals surface area (Å²) < 4.78 is 19.7. The Bertz CT molecular complexity index is 813. The third-order valence-corrected chi connectivity index (χ3v) is 6.39. The first-order valence-corrected chi connectivity index (χ1v) is 10.6. The Kier molecular flexibility index (Phi) is 6.63. The van der Waals surface area contributed by atoms with Gasteiger partial charge in [0.2, 0.25) is 11.8 Å². The maximum Gasteiger partial charge on any atom is 0.235 e. The van der Waals surface area contributed by atoms with Crippen LogP contribution < -0.4 is 9.64 Å². The average Bonchev–Trinajstić information content (AvgIpc) is 3.34. The van der Waals surface area contributed by atoms with Crippen molar-refractivity contribution in [3.05, 3.63) is 24.0 Å². The molecule has 166 valence electrons. The number of halogens is 2. The summed E-state index contributed by atoms with van der Waals surface area (Å²) in [7, 11) is 0. The number of ether oxygens (including phenoxy) is 1.